The number of hydrogen-bond acceptors (Lipinski definition) is 3. The summed E-state index contributed by atoms with van der Waals surface area (Å²) < 4.78 is 4.42. The Kier molecular flexibility index (Phi) is 4.41. The fourth-order valence-corrected chi connectivity index (χ4v) is 3.20. The lowest BCUT2D eigenvalue weighted by Crippen LogP contribution is -2.27. The van der Waals surface area contributed by atoms with Crippen LogP contribution in [0.1, 0.15) is 35.4 Å². The van der Waals surface area contributed by atoms with E-state index < -0.39 is 21.8 Å². The second-order valence-corrected chi connectivity index (χ2v) is 7.62. The Balaban J connectivity index is 1.89. The molecule has 1 aliphatic rings. The van der Waals surface area contributed by atoms with Gasteiger partial charge in [0.15, 0.2) is 6.10 Å². The number of esters is 1. The van der Waals surface area contributed by atoms with E-state index in [9.17, 15) is 9.59 Å². The van der Waals surface area contributed by atoms with E-state index in [0.29, 0.717) is 17.5 Å². The Morgan fingerprint density at radius 3 is 2.00 bits per heavy atom. The number of halogens is 2. The van der Waals surface area contributed by atoms with E-state index in [2.05, 4.69) is 0 Å². The summed E-state index contributed by atoms with van der Waals surface area (Å²) in [6.45, 7) is 1.64. The Labute approximate surface area is 150 Å². The Morgan fingerprint density at radius 1 is 1.00 bits per heavy atom. The summed E-state index contributed by atoms with van der Waals surface area (Å²) in [6.07, 6.45) is -0.717. The minimum Gasteiger partial charge on any atom is -0.448 e. The number of benzene rings is 2. The van der Waals surface area contributed by atoms with Gasteiger partial charge in [0.2, 0.25) is 5.78 Å². The van der Waals surface area contributed by atoms with Gasteiger partial charge in [-0.2, -0.15) is 0 Å². The van der Waals surface area contributed by atoms with Crippen LogP contribution in [0.3, 0.4) is 0 Å². The fraction of sp³-hybridized carbons (Fsp3) is 0.263. The van der Waals surface area contributed by atoms with Gasteiger partial charge in [0.25, 0.3) is 0 Å². The van der Waals surface area contributed by atoms with Gasteiger partial charge in [-0.05, 0) is 6.92 Å². The van der Waals surface area contributed by atoms with Crippen LogP contribution in [0.2, 0.25) is 0 Å². The summed E-state index contributed by atoms with van der Waals surface area (Å²) >= 11 is 12.1. The highest BCUT2D eigenvalue weighted by Crippen LogP contribution is 2.64. The van der Waals surface area contributed by atoms with Gasteiger partial charge < -0.3 is 4.74 Å². The van der Waals surface area contributed by atoms with E-state index >= 15 is 0 Å². The average molecular weight is 363 g/mol. The smallest absolute Gasteiger partial charge is 0.316 e. The number of alkyl halides is 2. The maximum Gasteiger partial charge on any atom is 0.316 e. The number of ketones is 1. The largest absolute Gasteiger partial charge is 0.448 e. The van der Waals surface area contributed by atoms with Crippen molar-refractivity contribution in [2.24, 2.45) is 5.41 Å². The number of carbonyl (C=O) groups is 2. The minimum absolute atomic E-state index is 0.283. The number of carbonyl (C=O) groups excluding carboxylic acids is 2. The van der Waals surface area contributed by atoms with Crippen molar-refractivity contribution in [2.45, 2.75) is 23.8 Å². The monoisotopic (exact) mass is 362 g/mol. The molecule has 3 rings (SSSR count). The van der Waals surface area contributed by atoms with Crippen LogP contribution in [0.15, 0.2) is 60.7 Å². The molecule has 2 atom stereocenters. The summed E-state index contributed by atoms with van der Waals surface area (Å²) in [5.74, 6) is -0.847. The van der Waals surface area contributed by atoms with Gasteiger partial charge in [-0.25, -0.2) is 0 Å². The predicted octanol–water partition coefficient (Wildman–Crippen LogP) is 4.74. The summed E-state index contributed by atoms with van der Waals surface area (Å²) in [5, 5.41) is 0. The van der Waals surface area contributed by atoms with Crippen molar-refractivity contribution in [3.8, 4) is 0 Å². The number of Topliss-reactive ketones (excluding diaryl/α,β-unsaturated/α-hetero) is 1. The maximum absolute atomic E-state index is 12.8. The minimum atomic E-state index is -1.14. The van der Waals surface area contributed by atoms with E-state index in [1.165, 1.54) is 0 Å². The van der Waals surface area contributed by atoms with Crippen molar-refractivity contribution in [3.05, 3.63) is 71.8 Å². The third kappa shape index (κ3) is 3.06. The van der Waals surface area contributed by atoms with Gasteiger partial charge in [0.05, 0.1) is 0 Å². The van der Waals surface area contributed by atoms with Crippen molar-refractivity contribution < 1.29 is 14.3 Å². The molecule has 0 radical (unpaired) electrons. The molecule has 3 nitrogen and oxygen atoms in total. The first-order valence-corrected chi connectivity index (χ1v) is 8.34. The molecule has 0 spiro atoms. The Bertz CT molecular complexity index is 759. The van der Waals surface area contributed by atoms with Crippen molar-refractivity contribution in [3.63, 3.8) is 0 Å². The van der Waals surface area contributed by atoms with Gasteiger partial charge in [0, 0.05) is 17.5 Å². The molecule has 0 unspecified atom stereocenters. The zero-order chi connectivity index (χ0) is 17.4. The molecule has 0 N–H and O–H groups in total. The molecule has 0 amide bonds. The SMILES string of the molecule is C[C@@]1(C(=O)O[C@@H](C(=O)c2ccccc2)c2ccccc2)CC1(Cl)Cl. The molecule has 124 valence electrons. The first kappa shape index (κ1) is 17.0. The van der Waals surface area contributed by atoms with E-state index in [0.717, 1.165) is 0 Å². The Hall–Kier alpha value is -1.84. The van der Waals surface area contributed by atoms with Crippen LogP contribution in [0.5, 0.6) is 0 Å². The predicted molar refractivity (Wildman–Crippen MR) is 93.2 cm³/mol. The number of hydrogen-bond donors (Lipinski definition) is 0. The molecule has 0 heterocycles. The molecule has 0 aromatic heterocycles. The first-order valence-electron chi connectivity index (χ1n) is 7.58. The van der Waals surface area contributed by atoms with Crippen LogP contribution in [0.4, 0.5) is 0 Å². The molecule has 0 aliphatic heterocycles. The average Bonchev–Trinajstić information content (AvgIpc) is 3.13. The summed E-state index contributed by atoms with van der Waals surface area (Å²) in [4.78, 5) is 25.4. The summed E-state index contributed by atoms with van der Waals surface area (Å²) in [5.41, 5.74) is 0.0990. The standard InChI is InChI=1S/C19H16Cl2O3/c1-18(12-19(18,20)21)17(23)24-16(14-10-6-3-7-11-14)15(22)13-8-4-2-5-9-13/h2-11,16H,12H2,1H3/t16-,18+/m1/s1. The highest BCUT2D eigenvalue weighted by atomic mass is 35.5. The molecule has 5 heteroatoms. The second-order valence-electron chi connectivity index (χ2n) is 6.14. The van der Waals surface area contributed by atoms with E-state index in [-0.39, 0.29) is 5.78 Å². The highest BCUT2D eigenvalue weighted by Gasteiger charge is 2.69. The van der Waals surface area contributed by atoms with Gasteiger partial charge in [-0.1, -0.05) is 60.7 Å². The first-order chi connectivity index (χ1) is 11.3. The molecular weight excluding hydrogens is 347 g/mol. The van der Waals surface area contributed by atoms with Gasteiger partial charge in [-0.3, -0.25) is 9.59 Å². The molecule has 1 saturated carbocycles. The van der Waals surface area contributed by atoms with E-state index in [1.54, 1.807) is 55.5 Å². The quantitative estimate of drug-likeness (QED) is 0.438. The normalized spacial score (nSPS) is 22.5. The Morgan fingerprint density at radius 2 is 1.50 bits per heavy atom. The third-order valence-electron chi connectivity index (χ3n) is 4.33. The third-order valence-corrected chi connectivity index (χ3v) is 5.43. The molecular formula is C19H16Cl2O3. The van der Waals surface area contributed by atoms with Crippen molar-refractivity contribution in [1.82, 2.24) is 0 Å². The summed E-state index contributed by atoms with van der Waals surface area (Å²) in [6, 6.07) is 17.7. The molecule has 0 bridgehead atoms. The van der Waals surface area contributed by atoms with Crippen LogP contribution >= 0.6 is 23.2 Å². The fourth-order valence-electron chi connectivity index (χ4n) is 2.51. The second kappa shape index (κ2) is 6.23. The molecule has 1 fully saturated rings. The maximum atomic E-state index is 12.8. The number of rotatable bonds is 5. The lowest BCUT2D eigenvalue weighted by molar-refractivity contribution is -0.153. The molecule has 24 heavy (non-hydrogen) atoms. The van der Waals surface area contributed by atoms with Crippen LogP contribution in [0.25, 0.3) is 0 Å². The van der Waals surface area contributed by atoms with Crippen LogP contribution in [-0.4, -0.2) is 16.1 Å². The van der Waals surface area contributed by atoms with E-state index in [4.69, 9.17) is 27.9 Å². The highest BCUT2D eigenvalue weighted by molar-refractivity contribution is 6.53. The zero-order valence-electron chi connectivity index (χ0n) is 13.0. The van der Waals surface area contributed by atoms with Crippen LogP contribution in [0, 0.1) is 5.41 Å². The lowest BCUT2D eigenvalue weighted by Gasteiger charge is -2.20. The van der Waals surface area contributed by atoms with Crippen LogP contribution < -0.4 is 0 Å². The topological polar surface area (TPSA) is 43.4 Å². The molecule has 2 aromatic carbocycles. The van der Waals surface area contributed by atoms with Gasteiger partial charge in [-0.15, -0.1) is 23.2 Å². The van der Waals surface area contributed by atoms with Crippen molar-refractivity contribution in [1.29, 1.82) is 0 Å². The lowest BCUT2D eigenvalue weighted by atomic mass is 9.99. The zero-order valence-corrected chi connectivity index (χ0v) is 14.6. The number of ether oxygens (including phenoxy) is 1. The van der Waals surface area contributed by atoms with Crippen molar-refractivity contribution in [2.75, 3.05) is 0 Å². The molecule has 2 aromatic rings. The van der Waals surface area contributed by atoms with Gasteiger partial charge >= 0.3 is 5.97 Å². The summed E-state index contributed by atoms with van der Waals surface area (Å²) in [7, 11) is 0. The van der Waals surface area contributed by atoms with Crippen LogP contribution in [-0.2, 0) is 9.53 Å². The molecule has 0 saturated heterocycles. The van der Waals surface area contributed by atoms with Crippen molar-refractivity contribution >= 4 is 35.0 Å². The van der Waals surface area contributed by atoms with Gasteiger partial charge in [0.1, 0.15) is 9.75 Å². The van der Waals surface area contributed by atoms with E-state index in [1.807, 2.05) is 12.1 Å². The molecule has 1 aliphatic carbocycles.